The highest BCUT2D eigenvalue weighted by Crippen LogP contribution is 2.21. The molecular weight excluding hydrogens is 260 g/mol. The highest BCUT2D eigenvalue weighted by molar-refractivity contribution is 6.33. The number of aldehydes is 1. The Labute approximate surface area is 107 Å². The smallest absolute Gasteiger partial charge is 0.302 e. The lowest BCUT2D eigenvalue weighted by Crippen LogP contribution is -2.58. The minimum atomic E-state index is -1.50. The number of hydrogen-bond donors (Lipinski definition) is 1. The summed E-state index contributed by atoms with van der Waals surface area (Å²) in [6.45, 7) is 0. The van der Waals surface area contributed by atoms with Crippen molar-refractivity contribution in [3.8, 4) is 0 Å². The average molecular weight is 267 g/mol. The topological polar surface area (TPSA) is 83.6 Å². The summed E-state index contributed by atoms with van der Waals surface area (Å²) < 4.78 is 0. The average Bonchev–Trinajstić information content (AvgIpc) is 2.31. The van der Waals surface area contributed by atoms with E-state index >= 15 is 0 Å². The van der Waals surface area contributed by atoms with Crippen LogP contribution in [0.2, 0.25) is 5.02 Å². The second-order valence-electron chi connectivity index (χ2n) is 3.56. The van der Waals surface area contributed by atoms with Crippen LogP contribution in [-0.4, -0.2) is 24.1 Å². The second-order valence-corrected chi connectivity index (χ2v) is 3.99. The molecule has 1 fully saturated rings. The molecular formula is C11H7ClN2O4. The molecule has 1 aromatic rings. The van der Waals surface area contributed by atoms with Gasteiger partial charge in [-0.3, -0.25) is 14.9 Å². The zero-order valence-corrected chi connectivity index (χ0v) is 9.68. The molecule has 1 aliphatic rings. The third-order valence-electron chi connectivity index (χ3n) is 2.42. The van der Waals surface area contributed by atoms with Gasteiger partial charge in [-0.1, -0.05) is 11.6 Å². The fourth-order valence-corrected chi connectivity index (χ4v) is 1.67. The first kappa shape index (κ1) is 12.3. The number of amides is 4. The maximum absolute atomic E-state index is 11.8. The van der Waals surface area contributed by atoms with Gasteiger partial charge in [0.2, 0.25) is 5.91 Å². The van der Waals surface area contributed by atoms with Crippen LogP contribution in [0, 0.1) is 5.92 Å². The monoisotopic (exact) mass is 266 g/mol. The van der Waals surface area contributed by atoms with Gasteiger partial charge in [0, 0.05) is 5.02 Å². The van der Waals surface area contributed by atoms with Gasteiger partial charge in [0.25, 0.3) is 5.91 Å². The maximum atomic E-state index is 11.8. The van der Waals surface area contributed by atoms with Gasteiger partial charge >= 0.3 is 6.03 Å². The van der Waals surface area contributed by atoms with E-state index in [-0.39, 0.29) is 12.0 Å². The Balaban J connectivity index is 2.39. The third-order valence-corrected chi connectivity index (χ3v) is 2.68. The Hall–Kier alpha value is -2.21. The molecule has 0 saturated carbocycles. The summed E-state index contributed by atoms with van der Waals surface area (Å²) in [6, 6.07) is 4.98. The number of nitrogens with zero attached hydrogens (tertiary/aromatic N) is 1. The quantitative estimate of drug-likeness (QED) is 0.632. The van der Waals surface area contributed by atoms with E-state index in [0.29, 0.717) is 5.02 Å². The van der Waals surface area contributed by atoms with Crippen LogP contribution in [-0.2, 0) is 14.4 Å². The number of rotatable bonds is 2. The van der Waals surface area contributed by atoms with Crippen LogP contribution >= 0.6 is 11.6 Å². The van der Waals surface area contributed by atoms with Crippen molar-refractivity contribution in [2.45, 2.75) is 0 Å². The Kier molecular flexibility index (Phi) is 3.12. The lowest BCUT2D eigenvalue weighted by molar-refractivity contribution is -0.137. The van der Waals surface area contributed by atoms with Crippen molar-refractivity contribution in [3.63, 3.8) is 0 Å². The Bertz CT molecular complexity index is 540. The normalized spacial score (nSPS) is 19.7. The summed E-state index contributed by atoms with van der Waals surface area (Å²) in [5.41, 5.74) is 0.237. The first-order valence-corrected chi connectivity index (χ1v) is 5.32. The molecule has 4 amide bonds. The molecule has 0 aromatic heterocycles. The number of urea groups is 1. The van der Waals surface area contributed by atoms with E-state index in [9.17, 15) is 19.2 Å². The van der Waals surface area contributed by atoms with Crippen molar-refractivity contribution in [2.24, 2.45) is 5.92 Å². The van der Waals surface area contributed by atoms with Gasteiger partial charge in [0.15, 0.2) is 5.92 Å². The van der Waals surface area contributed by atoms with E-state index in [1.165, 1.54) is 24.3 Å². The number of halogens is 1. The van der Waals surface area contributed by atoms with E-state index < -0.39 is 23.8 Å². The van der Waals surface area contributed by atoms with Crippen molar-refractivity contribution in [3.05, 3.63) is 29.3 Å². The number of carbonyl (C=O) groups excluding carboxylic acids is 4. The van der Waals surface area contributed by atoms with Gasteiger partial charge in [-0.05, 0) is 24.3 Å². The molecule has 0 spiro atoms. The number of benzene rings is 1. The Morgan fingerprint density at radius 2 is 1.78 bits per heavy atom. The zero-order chi connectivity index (χ0) is 13.3. The predicted molar refractivity (Wildman–Crippen MR) is 62.0 cm³/mol. The van der Waals surface area contributed by atoms with Crippen molar-refractivity contribution < 1.29 is 19.2 Å². The molecule has 1 N–H and O–H groups in total. The molecule has 1 aliphatic heterocycles. The second kappa shape index (κ2) is 4.58. The highest BCUT2D eigenvalue weighted by Gasteiger charge is 2.41. The summed E-state index contributed by atoms with van der Waals surface area (Å²) in [7, 11) is 0. The number of barbiturate groups is 1. The van der Waals surface area contributed by atoms with Gasteiger partial charge in [-0.15, -0.1) is 0 Å². The number of hydrogen-bond acceptors (Lipinski definition) is 4. The third kappa shape index (κ3) is 1.98. The first-order valence-electron chi connectivity index (χ1n) is 4.94. The minimum Gasteiger partial charge on any atom is -0.302 e. The standard InChI is InChI=1S/C11H7ClN2O4/c12-6-1-3-7(4-2-6)14-10(17)8(5-15)9(16)13-11(14)18/h1-5,8H,(H,13,16,18)/t8-/m0/s1. The zero-order valence-electron chi connectivity index (χ0n) is 8.92. The van der Waals surface area contributed by atoms with Crippen LogP contribution in [0.25, 0.3) is 0 Å². The van der Waals surface area contributed by atoms with Crippen LogP contribution in [0.1, 0.15) is 0 Å². The SMILES string of the molecule is O=C[C@H]1C(=O)NC(=O)N(c2ccc(Cl)cc2)C1=O. The summed E-state index contributed by atoms with van der Waals surface area (Å²) in [5, 5.41) is 2.37. The molecule has 2 rings (SSSR count). The molecule has 0 radical (unpaired) electrons. The fourth-order valence-electron chi connectivity index (χ4n) is 1.55. The van der Waals surface area contributed by atoms with Crippen molar-refractivity contribution in [1.82, 2.24) is 5.32 Å². The number of anilines is 1. The van der Waals surface area contributed by atoms with Crippen LogP contribution in [0.5, 0.6) is 0 Å². The number of carbonyl (C=O) groups is 4. The minimum absolute atomic E-state index is 0.201. The first-order chi connectivity index (χ1) is 8.54. The molecule has 7 heteroatoms. The summed E-state index contributed by atoms with van der Waals surface area (Å²) >= 11 is 5.69. The largest absolute Gasteiger partial charge is 0.335 e. The maximum Gasteiger partial charge on any atom is 0.335 e. The molecule has 0 bridgehead atoms. The summed E-state index contributed by atoms with van der Waals surface area (Å²) in [6.07, 6.45) is 0.201. The summed E-state index contributed by atoms with van der Waals surface area (Å²) in [5.74, 6) is -3.29. The predicted octanol–water partition coefficient (Wildman–Crippen LogP) is 0.738. The van der Waals surface area contributed by atoms with E-state index in [1.807, 2.05) is 5.32 Å². The molecule has 0 unspecified atom stereocenters. The van der Waals surface area contributed by atoms with Crippen molar-refractivity contribution in [1.29, 1.82) is 0 Å². The lowest BCUT2D eigenvalue weighted by atomic mass is 10.1. The van der Waals surface area contributed by atoms with Crippen molar-refractivity contribution >= 4 is 41.4 Å². The number of imide groups is 2. The van der Waals surface area contributed by atoms with Gasteiger partial charge in [0.05, 0.1) is 5.69 Å². The summed E-state index contributed by atoms with van der Waals surface area (Å²) in [4.78, 5) is 46.1. The van der Waals surface area contributed by atoms with E-state index in [0.717, 1.165) is 4.90 Å². The van der Waals surface area contributed by atoms with Gasteiger partial charge < -0.3 is 4.79 Å². The highest BCUT2D eigenvalue weighted by atomic mass is 35.5. The van der Waals surface area contributed by atoms with E-state index in [2.05, 4.69) is 0 Å². The van der Waals surface area contributed by atoms with Gasteiger partial charge in [0.1, 0.15) is 6.29 Å². The molecule has 1 saturated heterocycles. The molecule has 92 valence electrons. The molecule has 1 heterocycles. The Morgan fingerprint density at radius 1 is 1.17 bits per heavy atom. The fraction of sp³-hybridized carbons (Fsp3) is 0.0909. The molecule has 0 aliphatic carbocycles. The molecule has 1 atom stereocenters. The van der Waals surface area contributed by atoms with Gasteiger partial charge in [-0.25, -0.2) is 9.69 Å². The molecule has 1 aromatic carbocycles. The Morgan fingerprint density at radius 3 is 2.33 bits per heavy atom. The lowest BCUT2D eigenvalue weighted by Gasteiger charge is -2.27. The number of nitrogens with one attached hydrogen (secondary N) is 1. The molecule has 18 heavy (non-hydrogen) atoms. The molecule has 6 nitrogen and oxygen atoms in total. The van der Waals surface area contributed by atoms with E-state index in [1.54, 1.807) is 0 Å². The van der Waals surface area contributed by atoms with Crippen LogP contribution < -0.4 is 10.2 Å². The van der Waals surface area contributed by atoms with Crippen LogP contribution in [0.15, 0.2) is 24.3 Å². The van der Waals surface area contributed by atoms with Crippen molar-refractivity contribution in [2.75, 3.05) is 4.90 Å². The van der Waals surface area contributed by atoms with Gasteiger partial charge in [-0.2, -0.15) is 0 Å². The van der Waals surface area contributed by atoms with E-state index in [4.69, 9.17) is 11.6 Å². The van der Waals surface area contributed by atoms with Crippen LogP contribution in [0.4, 0.5) is 10.5 Å². The van der Waals surface area contributed by atoms with Crippen LogP contribution in [0.3, 0.4) is 0 Å².